The molecular weight excluding hydrogens is 230 g/mol. The molecule has 2 rings (SSSR count). The van der Waals surface area contributed by atoms with Crippen molar-refractivity contribution in [2.45, 2.75) is 45.5 Å². The first-order chi connectivity index (χ1) is 8.46. The lowest BCUT2D eigenvalue weighted by molar-refractivity contribution is 0.0105. The van der Waals surface area contributed by atoms with Crippen molar-refractivity contribution in [1.82, 2.24) is 25.0 Å². The van der Waals surface area contributed by atoms with Gasteiger partial charge in [0.25, 0.3) is 0 Å². The summed E-state index contributed by atoms with van der Waals surface area (Å²) in [6, 6.07) is 0.390. The lowest BCUT2D eigenvalue weighted by Crippen LogP contribution is -2.50. The molecule has 1 unspecified atom stereocenters. The van der Waals surface area contributed by atoms with Gasteiger partial charge in [0.2, 0.25) is 0 Å². The minimum Gasteiger partial charge on any atom is -0.388 e. The quantitative estimate of drug-likeness (QED) is 0.763. The Labute approximate surface area is 108 Å². The van der Waals surface area contributed by atoms with Crippen molar-refractivity contribution in [3.63, 3.8) is 0 Å². The van der Waals surface area contributed by atoms with E-state index in [1.807, 2.05) is 6.92 Å². The monoisotopic (exact) mass is 253 g/mol. The molecular formula is C12H23N5O. The van der Waals surface area contributed by atoms with E-state index in [2.05, 4.69) is 38.8 Å². The number of aliphatic hydroxyl groups is 1. The molecule has 1 aliphatic heterocycles. The SMILES string of the molecule is CC(C)NCC(C)(O)CN1CCn2cnnc2C1. The number of aromatic nitrogens is 3. The van der Waals surface area contributed by atoms with E-state index >= 15 is 0 Å². The fourth-order valence-electron chi connectivity index (χ4n) is 2.21. The van der Waals surface area contributed by atoms with Gasteiger partial charge < -0.3 is 15.0 Å². The van der Waals surface area contributed by atoms with E-state index in [1.54, 1.807) is 6.33 Å². The number of hydrogen-bond donors (Lipinski definition) is 2. The maximum Gasteiger partial charge on any atom is 0.147 e. The Bertz CT molecular complexity index is 388. The second kappa shape index (κ2) is 5.34. The fourth-order valence-corrected chi connectivity index (χ4v) is 2.21. The van der Waals surface area contributed by atoms with Crippen molar-refractivity contribution in [3.8, 4) is 0 Å². The van der Waals surface area contributed by atoms with Gasteiger partial charge in [-0.15, -0.1) is 10.2 Å². The molecule has 1 aliphatic rings. The van der Waals surface area contributed by atoms with Crippen molar-refractivity contribution < 1.29 is 5.11 Å². The van der Waals surface area contributed by atoms with Crippen LogP contribution in [0.2, 0.25) is 0 Å². The third kappa shape index (κ3) is 3.51. The fraction of sp³-hybridized carbons (Fsp3) is 0.833. The summed E-state index contributed by atoms with van der Waals surface area (Å²) in [4.78, 5) is 2.23. The molecule has 2 N–H and O–H groups in total. The standard InChI is InChI=1S/C12H23N5O/c1-10(2)13-7-12(3,18)8-16-4-5-17-9-14-15-11(17)6-16/h9-10,13,18H,4-8H2,1-3H3. The van der Waals surface area contributed by atoms with Crippen molar-refractivity contribution in [2.75, 3.05) is 19.6 Å². The summed E-state index contributed by atoms with van der Waals surface area (Å²) in [7, 11) is 0. The van der Waals surface area contributed by atoms with Crippen LogP contribution in [0.25, 0.3) is 0 Å². The Balaban J connectivity index is 1.87. The zero-order chi connectivity index (χ0) is 13.2. The maximum atomic E-state index is 10.4. The molecule has 0 spiro atoms. The summed E-state index contributed by atoms with van der Waals surface area (Å²) < 4.78 is 2.07. The van der Waals surface area contributed by atoms with Gasteiger partial charge in [0.1, 0.15) is 12.2 Å². The van der Waals surface area contributed by atoms with E-state index in [0.717, 1.165) is 25.5 Å². The predicted molar refractivity (Wildman–Crippen MR) is 69.1 cm³/mol. The molecule has 0 aromatic carbocycles. The third-order valence-corrected chi connectivity index (χ3v) is 3.17. The van der Waals surface area contributed by atoms with Gasteiger partial charge in [-0.3, -0.25) is 4.90 Å². The number of nitrogens with one attached hydrogen (secondary N) is 1. The van der Waals surface area contributed by atoms with Crippen LogP contribution in [0.3, 0.4) is 0 Å². The van der Waals surface area contributed by atoms with E-state index in [4.69, 9.17) is 0 Å². The summed E-state index contributed by atoms with van der Waals surface area (Å²) in [5, 5.41) is 21.6. The zero-order valence-electron chi connectivity index (χ0n) is 11.4. The summed E-state index contributed by atoms with van der Waals surface area (Å²) >= 11 is 0. The van der Waals surface area contributed by atoms with Crippen molar-refractivity contribution in [2.24, 2.45) is 0 Å². The number of hydrogen-bond acceptors (Lipinski definition) is 5. The zero-order valence-corrected chi connectivity index (χ0v) is 11.4. The highest BCUT2D eigenvalue weighted by Gasteiger charge is 2.27. The van der Waals surface area contributed by atoms with Gasteiger partial charge in [-0.1, -0.05) is 13.8 Å². The van der Waals surface area contributed by atoms with E-state index in [1.165, 1.54) is 0 Å². The molecule has 6 nitrogen and oxygen atoms in total. The Morgan fingerprint density at radius 2 is 2.28 bits per heavy atom. The smallest absolute Gasteiger partial charge is 0.147 e. The van der Waals surface area contributed by atoms with Crippen LogP contribution in [0.1, 0.15) is 26.6 Å². The van der Waals surface area contributed by atoms with Crippen LogP contribution in [0, 0.1) is 0 Å². The van der Waals surface area contributed by atoms with Gasteiger partial charge in [-0.2, -0.15) is 0 Å². The molecule has 6 heteroatoms. The van der Waals surface area contributed by atoms with Crippen LogP contribution in [0.15, 0.2) is 6.33 Å². The topological polar surface area (TPSA) is 66.2 Å². The molecule has 1 aromatic rings. The van der Waals surface area contributed by atoms with Crippen LogP contribution in [0.5, 0.6) is 0 Å². The first-order valence-corrected chi connectivity index (χ1v) is 6.51. The molecule has 0 saturated heterocycles. The van der Waals surface area contributed by atoms with Gasteiger partial charge in [0.05, 0.1) is 12.1 Å². The molecule has 1 atom stereocenters. The molecule has 0 fully saturated rings. The Kier molecular flexibility index (Phi) is 3.99. The normalized spacial score (nSPS) is 19.8. The van der Waals surface area contributed by atoms with Gasteiger partial charge in [-0.05, 0) is 6.92 Å². The molecule has 2 heterocycles. The Morgan fingerprint density at radius 3 is 3.00 bits per heavy atom. The van der Waals surface area contributed by atoms with Crippen LogP contribution >= 0.6 is 0 Å². The average Bonchev–Trinajstić information content (AvgIpc) is 2.73. The van der Waals surface area contributed by atoms with Crippen molar-refractivity contribution >= 4 is 0 Å². The van der Waals surface area contributed by atoms with E-state index in [9.17, 15) is 5.11 Å². The molecule has 0 saturated carbocycles. The molecule has 0 radical (unpaired) electrons. The molecule has 102 valence electrons. The van der Waals surface area contributed by atoms with Gasteiger partial charge >= 0.3 is 0 Å². The van der Waals surface area contributed by atoms with Crippen LogP contribution in [0.4, 0.5) is 0 Å². The highest BCUT2D eigenvalue weighted by molar-refractivity contribution is 4.92. The van der Waals surface area contributed by atoms with E-state index < -0.39 is 5.60 Å². The first-order valence-electron chi connectivity index (χ1n) is 6.51. The Morgan fingerprint density at radius 1 is 1.50 bits per heavy atom. The predicted octanol–water partition coefficient (Wildman–Crippen LogP) is -0.157. The first kappa shape index (κ1) is 13.5. The summed E-state index contributed by atoms with van der Waals surface area (Å²) in [6.45, 7) is 9.89. The van der Waals surface area contributed by atoms with Crippen molar-refractivity contribution in [3.05, 3.63) is 12.2 Å². The van der Waals surface area contributed by atoms with E-state index in [-0.39, 0.29) is 0 Å². The molecule has 0 amide bonds. The summed E-state index contributed by atoms with van der Waals surface area (Å²) in [5.74, 6) is 0.980. The molecule has 18 heavy (non-hydrogen) atoms. The third-order valence-electron chi connectivity index (χ3n) is 3.17. The lowest BCUT2D eigenvalue weighted by Gasteiger charge is -2.34. The largest absolute Gasteiger partial charge is 0.388 e. The second-order valence-electron chi connectivity index (χ2n) is 5.68. The summed E-state index contributed by atoms with van der Waals surface area (Å²) in [6.07, 6.45) is 1.77. The van der Waals surface area contributed by atoms with Gasteiger partial charge in [0, 0.05) is 32.2 Å². The van der Waals surface area contributed by atoms with Gasteiger partial charge in [0.15, 0.2) is 0 Å². The van der Waals surface area contributed by atoms with E-state index in [0.29, 0.717) is 19.1 Å². The Hall–Kier alpha value is -0.980. The minimum atomic E-state index is -0.716. The van der Waals surface area contributed by atoms with Crippen molar-refractivity contribution in [1.29, 1.82) is 0 Å². The highest BCUT2D eigenvalue weighted by atomic mass is 16.3. The second-order valence-corrected chi connectivity index (χ2v) is 5.68. The van der Waals surface area contributed by atoms with Crippen LogP contribution in [-0.4, -0.2) is 56.0 Å². The van der Waals surface area contributed by atoms with Crippen LogP contribution in [-0.2, 0) is 13.1 Å². The summed E-state index contributed by atoms with van der Waals surface area (Å²) in [5.41, 5.74) is -0.716. The van der Waals surface area contributed by atoms with Gasteiger partial charge in [-0.25, -0.2) is 0 Å². The average molecular weight is 253 g/mol. The number of fused-ring (bicyclic) bond motifs is 1. The molecule has 1 aromatic heterocycles. The van der Waals surface area contributed by atoms with Crippen LogP contribution < -0.4 is 5.32 Å². The maximum absolute atomic E-state index is 10.4. The minimum absolute atomic E-state index is 0.390. The number of nitrogens with zero attached hydrogens (tertiary/aromatic N) is 4. The molecule has 0 bridgehead atoms. The molecule has 0 aliphatic carbocycles. The lowest BCUT2D eigenvalue weighted by atomic mass is 10.1. The number of rotatable bonds is 5. The highest BCUT2D eigenvalue weighted by Crippen LogP contribution is 2.13. The number of β-amino-alcohol motifs (C(OH)–C–C–N with tert-alkyl or cyclic N) is 1.